The molecule has 3 aromatic carbocycles. The summed E-state index contributed by atoms with van der Waals surface area (Å²) in [5.41, 5.74) is 1.15. The topological polar surface area (TPSA) is 79.6 Å². The van der Waals surface area contributed by atoms with Crippen molar-refractivity contribution >= 4 is 15.7 Å². The van der Waals surface area contributed by atoms with Crippen molar-refractivity contribution in [3.8, 4) is 28.7 Å². The van der Waals surface area contributed by atoms with Crippen molar-refractivity contribution in [2.75, 3.05) is 17.5 Å². The van der Waals surface area contributed by atoms with E-state index < -0.39 is 22.5 Å². The molecule has 0 fully saturated rings. The van der Waals surface area contributed by atoms with E-state index in [0.717, 1.165) is 16.4 Å². The molecule has 0 aromatic heterocycles. The Bertz CT molecular complexity index is 1310. The number of rotatable bonds is 5. The molecule has 32 heavy (non-hydrogen) atoms. The predicted octanol–water partition coefficient (Wildman–Crippen LogP) is 4.55. The van der Waals surface area contributed by atoms with Gasteiger partial charge in [0.25, 0.3) is 10.0 Å². The summed E-state index contributed by atoms with van der Waals surface area (Å²) in [7, 11) is -3.99. The van der Waals surface area contributed by atoms with Gasteiger partial charge in [0.2, 0.25) is 0 Å². The van der Waals surface area contributed by atoms with Crippen LogP contribution in [0.15, 0.2) is 65.6 Å². The molecule has 0 N–H and O–H groups in total. The fraction of sp³-hybridized carbons (Fsp3) is 0.136. The molecule has 0 unspecified atom stereocenters. The highest BCUT2D eigenvalue weighted by Crippen LogP contribution is 2.39. The number of ether oxygens (including phenoxy) is 2. The minimum absolute atomic E-state index is 0.00636. The van der Waals surface area contributed by atoms with Crippen LogP contribution in [0.1, 0.15) is 5.56 Å². The van der Waals surface area contributed by atoms with E-state index >= 15 is 0 Å². The van der Waals surface area contributed by atoms with Gasteiger partial charge in [-0.15, -0.1) is 0 Å². The zero-order valence-corrected chi connectivity index (χ0v) is 17.2. The van der Waals surface area contributed by atoms with E-state index in [9.17, 15) is 21.6 Å². The van der Waals surface area contributed by atoms with E-state index in [-0.39, 0.29) is 35.0 Å². The largest absolute Gasteiger partial charge is 0.489 e. The zero-order valence-electron chi connectivity index (χ0n) is 16.3. The van der Waals surface area contributed by atoms with Crippen molar-refractivity contribution in [2.24, 2.45) is 0 Å². The molecule has 0 aliphatic carbocycles. The SMILES string of the molecule is N#Cc1ccc(S(=O)(=O)N2CCOc3ccc(-c4cc(F)cc(OC(F)F)c4)cc32)cc1. The molecule has 3 aromatic rings. The number of hydrogen-bond acceptors (Lipinski definition) is 5. The van der Waals surface area contributed by atoms with Crippen molar-refractivity contribution in [3.05, 3.63) is 72.0 Å². The third-order valence-corrected chi connectivity index (χ3v) is 6.61. The van der Waals surface area contributed by atoms with Crippen LogP contribution in [0, 0.1) is 17.1 Å². The normalized spacial score (nSPS) is 13.3. The molecule has 4 rings (SSSR count). The van der Waals surface area contributed by atoms with Crippen molar-refractivity contribution in [2.45, 2.75) is 11.5 Å². The van der Waals surface area contributed by atoms with Crippen LogP contribution >= 0.6 is 0 Å². The van der Waals surface area contributed by atoms with Gasteiger partial charge in [-0.05, 0) is 59.7 Å². The van der Waals surface area contributed by atoms with Gasteiger partial charge in [0.1, 0.15) is 23.9 Å². The summed E-state index contributed by atoms with van der Waals surface area (Å²) >= 11 is 0. The highest BCUT2D eigenvalue weighted by Gasteiger charge is 2.30. The molecular formula is C22H15F3N2O4S. The number of nitrogens with zero attached hydrogens (tertiary/aromatic N) is 2. The third-order valence-electron chi connectivity index (χ3n) is 4.78. The molecule has 10 heteroatoms. The first-order valence-corrected chi connectivity index (χ1v) is 10.8. The van der Waals surface area contributed by atoms with Gasteiger partial charge >= 0.3 is 6.61 Å². The summed E-state index contributed by atoms with van der Waals surface area (Å²) in [4.78, 5) is -0.00636. The van der Waals surface area contributed by atoms with Gasteiger partial charge in [0, 0.05) is 6.07 Å². The lowest BCUT2D eigenvalue weighted by Gasteiger charge is -2.31. The van der Waals surface area contributed by atoms with E-state index in [2.05, 4.69) is 4.74 Å². The molecule has 0 spiro atoms. The summed E-state index contributed by atoms with van der Waals surface area (Å²) in [6.07, 6.45) is 0. The van der Waals surface area contributed by atoms with E-state index in [1.54, 1.807) is 6.07 Å². The zero-order chi connectivity index (χ0) is 22.9. The number of alkyl halides is 2. The second-order valence-electron chi connectivity index (χ2n) is 6.80. The molecule has 0 atom stereocenters. The molecule has 0 radical (unpaired) electrons. The molecule has 0 bridgehead atoms. The average Bonchev–Trinajstić information content (AvgIpc) is 2.77. The molecule has 6 nitrogen and oxygen atoms in total. The maximum absolute atomic E-state index is 14.0. The summed E-state index contributed by atoms with van der Waals surface area (Å²) in [5, 5.41) is 8.93. The summed E-state index contributed by atoms with van der Waals surface area (Å²) in [6, 6.07) is 15.2. The minimum atomic E-state index is -3.99. The molecule has 0 saturated heterocycles. The Labute approximate surface area is 182 Å². The molecule has 1 aliphatic heterocycles. The molecule has 164 valence electrons. The number of sulfonamides is 1. The van der Waals surface area contributed by atoms with Gasteiger partial charge in [0.15, 0.2) is 0 Å². The molecule has 0 amide bonds. The Kier molecular flexibility index (Phi) is 5.67. The quantitative estimate of drug-likeness (QED) is 0.558. The Morgan fingerprint density at radius 1 is 1.03 bits per heavy atom. The van der Waals surface area contributed by atoms with Gasteiger partial charge < -0.3 is 9.47 Å². The fourth-order valence-electron chi connectivity index (χ4n) is 3.35. The van der Waals surface area contributed by atoms with Crippen LogP contribution in [0.4, 0.5) is 18.9 Å². The van der Waals surface area contributed by atoms with Crippen LogP contribution in [0.3, 0.4) is 0 Å². The number of nitriles is 1. The van der Waals surface area contributed by atoms with Crippen molar-refractivity contribution in [3.63, 3.8) is 0 Å². The van der Waals surface area contributed by atoms with Gasteiger partial charge in [-0.3, -0.25) is 4.31 Å². The maximum atomic E-state index is 14.0. The maximum Gasteiger partial charge on any atom is 0.387 e. The highest BCUT2D eigenvalue weighted by molar-refractivity contribution is 7.92. The van der Waals surface area contributed by atoms with Gasteiger partial charge in [-0.25, -0.2) is 12.8 Å². The van der Waals surface area contributed by atoms with Crippen LogP contribution in [0.2, 0.25) is 0 Å². The molecular weight excluding hydrogens is 445 g/mol. The number of hydrogen-bond donors (Lipinski definition) is 0. The van der Waals surface area contributed by atoms with Gasteiger partial charge in [0.05, 0.1) is 28.8 Å². The number of halogens is 3. The van der Waals surface area contributed by atoms with Crippen LogP contribution in [-0.4, -0.2) is 28.2 Å². The lowest BCUT2D eigenvalue weighted by Crippen LogP contribution is -2.37. The van der Waals surface area contributed by atoms with Crippen LogP contribution in [-0.2, 0) is 10.0 Å². The van der Waals surface area contributed by atoms with Crippen LogP contribution in [0.5, 0.6) is 11.5 Å². The first-order chi connectivity index (χ1) is 15.3. The summed E-state index contributed by atoms with van der Waals surface area (Å²) in [5.74, 6) is -0.835. The Balaban J connectivity index is 1.76. The smallest absolute Gasteiger partial charge is 0.387 e. The fourth-order valence-corrected chi connectivity index (χ4v) is 4.80. The molecule has 1 aliphatic rings. The Morgan fingerprint density at radius 2 is 1.78 bits per heavy atom. The highest BCUT2D eigenvalue weighted by atomic mass is 32.2. The Hall–Kier alpha value is -3.71. The first-order valence-electron chi connectivity index (χ1n) is 9.33. The third kappa shape index (κ3) is 4.20. The van der Waals surface area contributed by atoms with E-state index in [1.807, 2.05) is 6.07 Å². The van der Waals surface area contributed by atoms with Crippen molar-refractivity contribution in [1.29, 1.82) is 5.26 Å². The monoisotopic (exact) mass is 460 g/mol. The minimum Gasteiger partial charge on any atom is -0.489 e. The summed E-state index contributed by atoms with van der Waals surface area (Å²) in [6.45, 7) is -2.97. The van der Waals surface area contributed by atoms with Crippen LogP contribution < -0.4 is 13.8 Å². The van der Waals surface area contributed by atoms with E-state index in [1.165, 1.54) is 42.5 Å². The average molecular weight is 460 g/mol. The summed E-state index contributed by atoms with van der Waals surface area (Å²) < 4.78 is 76.6. The first kappa shape index (κ1) is 21.5. The lowest BCUT2D eigenvalue weighted by molar-refractivity contribution is -0.0499. The van der Waals surface area contributed by atoms with E-state index in [0.29, 0.717) is 16.9 Å². The lowest BCUT2D eigenvalue weighted by atomic mass is 10.0. The Morgan fingerprint density at radius 3 is 2.47 bits per heavy atom. The number of benzene rings is 3. The van der Waals surface area contributed by atoms with Crippen LogP contribution in [0.25, 0.3) is 11.1 Å². The molecule has 1 heterocycles. The van der Waals surface area contributed by atoms with Gasteiger partial charge in [-0.1, -0.05) is 6.07 Å². The standard InChI is InChI=1S/C22H15F3N2O4S/c23-17-9-16(10-18(12-17)31-22(24)25)15-3-6-21-20(11-15)27(7-8-30-21)32(28,29)19-4-1-14(13-26)2-5-19/h1-6,9-12,22H,7-8H2. The second kappa shape index (κ2) is 8.43. The number of fused-ring (bicyclic) bond motifs is 1. The van der Waals surface area contributed by atoms with Crippen molar-refractivity contribution < 1.29 is 31.1 Å². The van der Waals surface area contributed by atoms with Crippen molar-refractivity contribution in [1.82, 2.24) is 0 Å². The van der Waals surface area contributed by atoms with E-state index in [4.69, 9.17) is 10.00 Å². The van der Waals surface area contributed by atoms with Gasteiger partial charge in [-0.2, -0.15) is 14.0 Å². The molecule has 0 saturated carbocycles. The number of anilines is 1. The predicted molar refractivity (Wildman–Crippen MR) is 110 cm³/mol. The second-order valence-corrected chi connectivity index (χ2v) is 8.66.